The molecule has 0 aliphatic heterocycles. The summed E-state index contributed by atoms with van der Waals surface area (Å²) >= 11 is 2.92. The number of nitrogens with one attached hydrogen (secondary N) is 1. The van der Waals surface area contributed by atoms with Crippen molar-refractivity contribution in [3.8, 4) is 5.69 Å². The smallest absolute Gasteiger partial charge is 0.276 e. The van der Waals surface area contributed by atoms with Crippen LogP contribution in [0.2, 0.25) is 0 Å². The Bertz CT molecular complexity index is 844. The van der Waals surface area contributed by atoms with Gasteiger partial charge in [0.25, 0.3) is 5.91 Å². The number of hydrogen-bond donors (Lipinski definition) is 1. The van der Waals surface area contributed by atoms with E-state index in [0.717, 1.165) is 35.1 Å². The van der Waals surface area contributed by atoms with E-state index in [-0.39, 0.29) is 5.91 Å². The molecule has 2 aromatic heterocycles. The monoisotopic (exact) mass is 373 g/mol. The van der Waals surface area contributed by atoms with E-state index in [2.05, 4.69) is 27.4 Å². The number of benzene rings is 1. The molecule has 0 radical (unpaired) electrons. The third kappa shape index (κ3) is 4.08. The van der Waals surface area contributed by atoms with Gasteiger partial charge in [-0.2, -0.15) is 0 Å². The van der Waals surface area contributed by atoms with Crippen molar-refractivity contribution < 1.29 is 4.79 Å². The number of imidazole rings is 1. The lowest BCUT2D eigenvalue weighted by atomic mass is 10.3. The van der Waals surface area contributed by atoms with Crippen LogP contribution in [0.4, 0.5) is 5.13 Å². The average Bonchev–Trinajstić information content (AvgIpc) is 3.27. The van der Waals surface area contributed by atoms with Crippen LogP contribution in [0.5, 0.6) is 0 Å². The van der Waals surface area contributed by atoms with E-state index >= 15 is 0 Å². The molecule has 8 heteroatoms. The van der Waals surface area contributed by atoms with Crippen molar-refractivity contribution >= 4 is 34.1 Å². The van der Waals surface area contributed by atoms with E-state index in [0.29, 0.717) is 10.8 Å². The van der Waals surface area contributed by atoms with Gasteiger partial charge in [0, 0.05) is 12.1 Å². The lowest BCUT2D eigenvalue weighted by Gasteiger charge is -2.10. The molecule has 2 heterocycles. The molecule has 130 valence electrons. The van der Waals surface area contributed by atoms with Crippen molar-refractivity contribution in [1.29, 1.82) is 0 Å². The minimum atomic E-state index is -0.241. The third-order valence-electron chi connectivity index (χ3n) is 3.59. The molecule has 0 unspecified atom stereocenters. The van der Waals surface area contributed by atoms with Gasteiger partial charge in [-0.1, -0.05) is 54.6 Å². The third-order valence-corrected chi connectivity index (χ3v) is 5.14. The standard InChI is InChI=1S/C17H19N5OS2/c1-3-4-10-14-20-21-16(25-14)19-15(23)13-11-18-17(24-2)22(13)12-8-6-5-7-9-12/h5-9,11H,3-4,10H2,1-2H3,(H,19,21,23). The molecule has 1 aromatic carbocycles. The first-order valence-electron chi connectivity index (χ1n) is 8.03. The number of hydrogen-bond acceptors (Lipinski definition) is 6. The molecule has 1 amide bonds. The average molecular weight is 374 g/mol. The highest BCUT2D eigenvalue weighted by Crippen LogP contribution is 2.23. The molecule has 6 nitrogen and oxygen atoms in total. The largest absolute Gasteiger partial charge is 0.295 e. The second-order valence-electron chi connectivity index (χ2n) is 5.36. The summed E-state index contributed by atoms with van der Waals surface area (Å²) in [4.78, 5) is 17.1. The highest BCUT2D eigenvalue weighted by atomic mass is 32.2. The van der Waals surface area contributed by atoms with Gasteiger partial charge >= 0.3 is 0 Å². The molecule has 0 fully saturated rings. The van der Waals surface area contributed by atoms with Crippen LogP contribution in [0, 0.1) is 0 Å². The lowest BCUT2D eigenvalue weighted by molar-refractivity contribution is 0.102. The Balaban J connectivity index is 1.83. The fourth-order valence-electron chi connectivity index (χ4n) is 2.36. The predicted molar refractivity (Wildman–Crippen MR) is 102 cm³/mol. The van der Waals surface area contributed by atoms with Crippen molar-refractivity contribution in [3.63, 3.8) is 0 Å². The van der Waals surface area contributed by atoms with Gasteiger partial charge in [0.05, 0.1) is 6.20 Å². The Labute approximate surface area is 154 Å². The van der Waals surface area contributed by atoms with Crippen molar-refractivity contribution in [3.05, 3.63) is 47.2 Å². The Kier molecular flexibility index (Phi) is 5.83. The number of aromatic nitrogens is 4. The van der Waals surface area contributed by atoms with Crippen LogP contribution < -0.4 is 5.32 Å². The number of amides is 1. The van der Waals surface area contributed by atoms with Gasteiger partial charge in [-0.25, -0.2) is 4.98 Å². The van der Waals surface area contributed by atoms with Gasteiger partial charge in [-0.3, -0.25) is 14.7 Å². The van der Waals surface area contributed by atoms with Crippen molar-refractivity contribution in [1.82, 2.24) is 19.7 Å². The number of nitrogens with zero attached hydrogens (tertiary/aromatic N) is 4. The zero-order chi connectivity index (χ0) is 17.6. The number of unbranched alkanes of at least 4 members (excludes halogenated alkanes) is 1. The fourth-order valence-corrected chi connectivity index (χ4v) is 3.68. The van der Waals surface area contributed by atoms with Crippen LogP contribution in [0.15, 0.2) is 41.7 Å². The van der Waals surface area contributed by atoms with E-state index in [4.69, 9.17) is 0 Å². The summed E-state index contributed by atoms with van der Waals surface area (Å²) < 4.78 is 1.85. The summed E-state index contributed by atoms with van der Waals surface area (Å²) in [5.74, 6) is -0.241. The minimum absolute atomic E-state index is 0.241. The first-order chi connectivity index (χ1) is 12.2. The van der Waals surface area contributed by atoms with Gasteiger partial charge in [0.1, 0.15) is 10.7 Å². The van der Waals surface area contributed by atoms with Crippen LogP contribution >= 0.6 is 23.1 Å². The van der Waals surface area contributed by atoms with E-state index in [1.165, 1.54) is 23.1 Å². The van der Waals surface area contributed by atoms with Gasteiger partial charge in [-0.05, 0) is 24.8 Å². The maximum atomic E-state index is 12.7. The van der Waals surface area contributed by atoms with E-state index in [1.807, 2.05) is 41.2 Å². The second-order valence-corrected chi connectivity index (χ2v) is 7.20. The Morgan fingerprint density at radius 3 is 2.80 bits per heavy atom. The summed E-state index contributed by atoms with van der Waals surface area (Å²) in [5, 5.41) is 13.3. The van der Waals surface area contributed by atoms with Crippen molar-refractivity contribution in [2.24, 2.45) is 0 Å². The maximum Gasteiger partial charge on any atom is 0.276 e. The van der Waals surface area contributed by atoms with E-state index < -0.39 is 0 Å². The number of carbonyl (C=O) groups is 1. The predicted octanol–water partition coefficient (Wildman–Crippen LogP) is 4.04. The van der Waals surface area contributed by atoms with Crippen LogP contribution in [0.1, 0.15) is 35.3 Å². The molecule has 0 aliphatic rings. The molecule has 3 aromatic rings. The number of thioether (sulfide) groups is 1. The number of carbonyl (C=O) groups excluding carboxylic acids is 1. The normalized spacial score (nSPS) is 10.8. The fraction of sp³-hybridized carbons (Fsp3) is 0.294. The summed E-state index contributed by atoms with van der Waals surface area (Å²) in [6.45, 7) is 2.14. The van der Waals surface area contributed by atoms with E-state index in [9.17, 15) is 4.79 Å². The van der Waals surface area contributed by atoms with E-state index in [1.54, 1.807) is 6.20 Å². The molecule has 0 saturated heterocycles. The minimum Gasteiger partial charge on any atom is -0.295 e. The number of para-hydroxylation sites is 1. The Morgan fingerprint density at radius 1 is 1.28 bits per heavy atom. The number of rotatable bonds is 7. The van der Waals surface area contributed by atoms with Crippen LogP contribution in [-0.2, 0) is 6.42 Å². The zero-order valence-electron chi connectivity index (χ0n) is 14.1. The summed E-state index contributed by atoms with van der Waals surface area (Å²) in [6.07, 6.45) is 6.60. The summed E-state index contributed by atoms with van der Waals surface area (Å²) in [5.41, 5.74) is 1.37. The first kappa shape index (κ1) is 17.6. The van der Waals surface area contributed by atoms with Gasteiger partial charge in [0.2, 0.25) is 5.13 Å². The number of aryl methyl sites for hydroxylation is 1. The highest BCUT2D eigenvalue weighted by Gasteiger charge is 2.19. The molecular formula is C17H19N5OS2. The zero-order valence-corrected chi connectivity index (χ0v) is 15.7. The van der Waals surface area contributed by atoms with Crippen molar-refractivity contribution in [2.75, 3.05) is 11.6 Å². The quantitative estimate of drug-likeness (QED) is 0.633. The molecule has 0 bridgehead atoms. The van der Waals surface area contributed by atoms with Crippen molar-refractivity contribution in [2.45, 2.75) is 31.3 Å². The molecule has 25 heavy (non-hydrogen) atoms. The molecule has 0 saturated carbocycles. The first-order valence-corrected chi connectivity index (χ1v) is 10.1. The second kappa shape index (κ2) is 8.26. The summed E-state index contributed by atoms with van der Waals surface area (Å²) in [7, 11) is 0. The molecule has 3 rings (SSSR count). The molecule has 0 atom stereocenters. The van der Waals surface area contributed by atoms with Gasteiger partial charge < -0.3 is 0 Å². The Hall–Kier alpha value is -2.19. The molecule has 0 aliphatic carbocycles. The molecule has 0 spiro atoms. The molecule has 1 N–H and O–H groups in total. The Morgan fingerprint density at radius 2 is 2.08 bits per heavy atom. The van der Waals surface area contributed by atoms with Crippen LogP contribution in [0.25, 0.3) is 5.69 Å². The highest BCUT2D eigenvalue weighted by molar-refractivity contribution is 7.98. The SMILES string of the molecule is CCCCc1nnc(NC(=O)c2cnc(SC)n2-c2ccccc2)s1. The lowest BCUT2D eigenvalue weighted by Crippen LogP contribution is -2.16. The maximum absolute atomic E-state index is 12.7. The van der Waals surface area contributed by atoms with Crippen LogP contribution in [-0.4, -0.2) is 31.9 Å². The number of anilines is 1. The molecular weight excluding hydrogens is 354 g/mol. The van der Waals surface area contributed by atoms with Gasteiger partial charge in [-0.15, -0.1) is 10.2 Å². The summed E-state index contributed by atoms with van der Waals surface area (Å²) in [6, 6.07) is 9.72. The van der Waals surface area contributed by atoms with Gasteiger partial charge in [0.15, 0.2) is 5.16 Å². The topological polar surface area (TPSA) is 72.7 Å². The van der Waals surface area contributed by atoms with Crippen LogP contribution in [0.3, 0.4) is 0 Å².